The minimum absolute atomic E-state index is 0.141. The molecule has 1 aliphatic heterocycles. The fourth-order valence-electron chi connectivity index (χ4n) is 1.98. The van der Waals surface area contributed by atoms with Crippen molar-refractivity contribution >= 4 is 0 Å². The van der Waals surface area contributed by atoms with Gasteiger partial charge in [-0.1, -0.05) is 0 Å². The minimum atomic E-state index is 0.141. The Labute approximate surface area is 103 Å². The van der Waals surface area contributed by atoms with Crippen LogP contribution in [0.3, 0.4) is 0 Å². The molecule has 0 spiro atoms. The van der Waals surface area contributed by atoms with E-state index < -0.39 is 0 Å². The lowest BCUT2D eigenvalue weighted by molar-refractivity contribution is 0.0661. The first-order chi connectivity index (χ1) is 8.04. The van der Waals surface area contributed by atoms with Crippen LogP contribution in [0.2, 0.25) is 0 Å². The maximum absolute atomic E-state index is 5.37. The zero-order valence-corrected chi connectivity index (χ0v) is 11.1. The molecule has 2 heterocycles. The molecule has 0 bridgehead atoms. The molecule has 0 radical (unpaired) electrons. The molecule has 4 nitrogen and oxygen atoms in total. The topological polar surface area (TPSA) is 39.1 Å². The molecule has 0 unspecified atom stereocenters. The zero-order valence-electron chi connectivity index (χ0n) is 11.1. The number of ether oxygens (including phenoxy) is 1. The van der Waals surface area contributed by atoms with Gasteiger partial charge in [-0.2, -0.15) is 5.10 Å². The third-order valence-electron chi connectivity index (χ3n) is 3.03. The van der Waals surface area contributed by atoms with E-state index in [9.17, 15) is 0 Å². The maximum atomic E-state index is 5.37. The Bertz CT molecular complexity index is 348. The molecule has 0 amide bonds. The molecule has 0 saturated carbocycles. The van der Waals surface area contributed by atoms with E-state index in [2.05, 4.69) is 48.1 Å². The second-order valence-corrected chi connectivity index (χ2v) is 5.73. The monoisotopic (exact) mass is 237 g/mol. The molecule has 0 aromatic carbocycles. The number of nitrogens with zero attached hydrogens (tertiary/aromatic N) is 2. The third kappa shape index (κ3) is 3.82. The van der Waals surface area contributed by atoms with Gasteiger partial charge >= 0.3 is 0 Å². The van der Waals surface area contributed by atoms with Crippen LogP contribution in [-0.4, -0.2) is 28.5 Å². The highest BCUT2D eigenvalue weighted by Crippen LogP contribution is 2.19. The van der Waals surface area contributed by atoms with Crippen molar-refractivity contribution in [1.29, 1.82) is 0 Å². The van der Waals surface area contributed by atoms with Gasteiger partial charge in [0.25, 0.3) is 0 Å². The first-order valence-electron chi connectivity index (χ1n) is 6.41. The molecule has 2 rings (SSSR count). The fourth-order valence-corrected chi connectivity index (χ4v) is 1.98. The van der Waals surface area contributed by atoms with Crippen molar-refractivity contribution in [1.82, 2.24) is 15.1 Å². The van der Waals surface area contributed by atoms with Crippen LogP contribution in [0.15, 0.2) is 12.3 Å². The summed E-state index contributed by atoms with van der Waals surface area (Å²) in [6.45, 7) is 9.06. The van der Waals surface area contributed by atoms with Crippen LogP contribution < -0.4 is 5.32 Å². The smallest absolute Gasteiger partial charge is 0.0762 e. The van der Waals surface area contributed by atoms with Crippen molar-refractivity contribution < 1.29 is 4.74 Å². The van der Waals surface area contributed by atoms with Gasteiger partial charge in [-0.3, -0.25) is 4.68 Å². The molecule has 1 aromatic heterocycles. The van der Waals surface area contributed by atoms with Crippen molar-refractivity contribution in [3.63, 3.8) is 0 Å². The summed E-state index contributed by atoms with van der Waals surface area (Å²) in [6, 6.07) is 2.63. The van der Waals surface area contributed by atoms with Crippen molar-refractivity contribution in [2.45, 2.75) is 51.7 Å². The summed E-state index contributed by atoms with van der Waals surface area (Å²) in [5, 5.41) is 8.09. The molecule has 1 N–H and O–H groups in total. The van der Waals surface area contributed by atoms with E-state index in [1.54, 1.807) is 0 Å². The van der Waals surface area contributed by atoms with Gasteiger partial charge in [0.1, 0.15) is 0 Å². The molecule has 0 atom stereocenters. The standard InChI is InChI=1S/C13H23N3O/c1-13(2,3)14-10-11-4-7-16(15-11)12-5-8-17-9-6-12/h4,7,12,14H,5-6,8-10H2,1-3H3. The van der Waals surface area contributed by atoms with Crippen LogP contribution >= 0.6 is 0 Å². The van der Waals surface area contributed by atoms with Crippen LogP contribution in [-0.2, 0) is 11.3 Å². The van der Waals surface area contributed by atoms with E-state index in [0.717, 1.165) is 38.3 Å². The average Bonchev–Trinajstić information content (AvgIpc) is 2.75. The fraction of sp³-hybridized carbons (Fsp3) is 0.769. The molecule has 96 valence electrons. The van der Waals surface area contributed by atoms with Crippen molar-refractivity contribution in [2.24, 2.45) is 0 Å². The Hall–Kier alpha value is -0.870. The molecule has 17 heavy (non-hydrogen) atoms. The van der Waals surface area contributed by atoms with Crippen LogP contribution in [0, 0.1) is 0 Å². The Morgan fingerprint density at radius 1 is 1.41 bits per heavy atom. The molecular weight excluding hydrogens is 214 g/mol. The molecular formula is C13H23N3O. The van der Waals surface area contributed by atoms with Gasteiger partial charge in [-0.05, 0) is 39.7 Å². The molecule has 4 heteroatoms. The normalized spacial score (nSPS) is 18.5. The lowest BCUT2D eigenvalue weighted by atomic mass is 10.1. The molecule has 1 aromatic rings. The first-order valence-corrected chi connectivity index (χ1v) is 6.41. The minimum Gasteiger partial charge on any atom is -0.381 e. The maximum Gasteiger partial charge on any atom is 0.0762 e. The number of nitrogens with one attached hydrogen (secondary N) is 1. The summed E-state index contributed by atoms with van der Waals surface area (Å²) in [5.74, 6) is 0. The number of rotatable bonds is 3. The average molecular weight is 237 g/mol. The zero-order chi connectivity index (χ0) is 12.3. The van der Waals surface area contributed by atoms with Gasteiger partial charge in [0.15, 0.2) is 0 Å². The van der Waals surface area contributed by atoms with E-state index in [1.165, 1.54) is 0 Å². The summed E-state index contributed by atoms with van der Waals surface area (Å²) >= 11 is 0. The second kappa shape index (κ2) is 5.19. The number of aromatic nitrogens is 2. The Morgan fingerprint density at radius 2 is 2.12 bits per heavy atom. The molecule has 1 fully saturated rings. The quantitative estimate of drug-likeness (QED) is 0.875. The van der Waals surface area contributed by atoms with E-state index in [-0.39, 0.29) is 5.54 Å². The van der Waals surface area contributed by atoms with Gasteiger partial charge in [0.05, 0.1) is 11.7 Å². The number of hydrogen-bond donors (Lipinski definition) is 1. The summed E-state index contributed by atoms with van der Waals surface area (Å²) in [4.78, 5) is 0. The summed E-state index contributed by atoms with van der Waals surface area (Å²) in [6.07, 6.45) is 4.25. The van der Waals surface area contributed by atoms with Gasteiger partial charge in [0.2, 0.25) is 0 Å². The molecule has 0 aliphatic carbocycles. The van der Waals surface area contributed by atoms with E-state index >= 15 is 0 Å². The molecule has 1 saturated heterocycles. The lowest BCUT2D eigenvalue weighted by Crippen LogP contribution is -2.35. The largest absolute Gasteiger partial charge is 0.381 e. The SMILES string of the molecule is CC(C)(C)NCc1ccn(C2CCOCC2)n1. The van der Waals surface area contributed by atoms with Crippen LogP contribution in [0.25, 0.3) is 0 Å². The van der Waals surface area contributed by atoms with Gasteiger partial charge in [-0.15, -0.1) is 0 Å². The van der Waals surface area contributed by atoms with Crippen molar-refractivity contribution in [3.05, 3.63) is 18.0 Å². The Balaban J connectivity index is 1.91. The highest BCUT2D eigenvalue weighted by molar-refractivity contribution is 5.00. The van der Waals surface area contributed by atoms with Crippen molar-refractivity contribution in [2.75, 3.05) is 13.2 Å². The first kappa shape index (κ1) is 12.6. The van der Waals surface area contributed by atoms with Crippen LogP contribution in [0.4, 0.5) is 0 Å². The molecule has 1 aliphatic rings. The van der Waals surface area contributed by atoms with E-state index in [0.29, 0.717) is 6.04 Å². The van der Waals surface area contributed by atoms with Gasteiger partial charge in [-0.25, -0.2) is 0 Å². The third-order valence-corrected chi connectivity index (χ3v) is 3.03. The lowest BCUT2D eigenvalue weighted by Gasteiger charge is -2.22. The summed E-state index contributed by atoms with van der Waals surface area (Å²) in [7, 11) is 0. The Kier molecular flexibility index (Phi) is 3.84. The summed E-state index contributed by atoms with van der Waals surface area (Å²) in [5.41, 5.74) is 1.26. The Morgan fingerprint density at radius 3 is 2.76 bits per heavy atom. The van der Waals surface area contributed by atoms with Crippen LogP contribution in [0.1, 0.15) is 45.3 Å². The van der Waals surface area contributed by atoms with Crippen LogP contribution in [0.5, 0.6) is 0 Å². The van der Waals surface area contributed by atoms with E-state index in [1.807, 2.05) is 0 Å². The number of hydrogen-bond acceptors (Lipinski definition) is 3. The van der Waals surface area contributed by atoms with Gasteiger partial charge in [0, 0.05) is 31.5 Å². The van der Waals surface area contributed by atoms with Crippen molar-refractivity contribution in [3.8, 4) is 0 Å². The van der Waals surface area contributed by atoms with E-state index in [4.69, 9.17) is 4.74 Å². The summed E-state index contributed by atoms with van der Waals surface area (Å²) < 4.78 is 7.47. The highest BCUT2D eigenvalue weighted by Gasteiger charge is 2.16. The predicted molar refractivity (Wildman–Crippen MR) is 67.9 cm³/mol. The van der Waals surface area contributed by atoms with Gasteiger partial charge < -0.3 is 10.1 Å². The highest BCUT2D eigenvalue weighted by atomic mass is 16.5. The predicted octanol–water partition coefficient (Wildman–Crippen LogP) is 2.12. The second-order valence-electron chi connectivity index (χ2n) is 5.73.